The van der Waals surface area contributed by atoms with Gasteiger partial charge in [0.2, 0.25) is 0 Å². The molecule has 4 heteroatoms. The van der Waals surface area contributed by atoms with E-state index in [2.05, 4.69) is 36.0 Å². The predicted molar refractivity (Wildman–Crippen MR) is 79.3 cm³/mol. The summed E-state index contributed by atoms with van der Waals surface area (Å²) in [4.78, 5) is 7.26. The van der Waals surface area contributed by atoms with Gasteiger partial charge in [-0.05, 0) is 37.8 Å². The molecule has 0 aliphatic carbocycles. The minimum atomic E-state index is 0.489. The Balaban J connectivity index is 2.05. The van der Waals surface area contributed by atoms with Crippen molar-refractivity contribution in [2.75, 3.05) is 13.1 Å². The number of alkyl halides is 1. The molecule has 1 fully saturated rings. The van der Waals surface area contributed by atoms with Gasteiger partial charge in [0.05, 0.1) is 17.6 Å². The van der Waals surface area contributed by atoms with Gasteiger partial charge in [-0.25, -0.2) is 4.98 Å². The van der Waals surface area contributed by atoms with Crippen molar-refractivity contribution in [3.63, 3.8) is 0 Å². The molecule has 1 saturated heterocycles. The Morgan fingerprint density at radius 1 is 1.44 bits per heavy atom. The molecule has 0 spiro atoms. The molecule has 0 amide bonds. The van der Waals surface area contributed by atoms with Crippen molar-refractivity contribution in [1.29, 1.82) is 0 Å². The van der Waals surface area contributed by atoms with E-state index in [0.29, 0.717) is 17.3 Å². The highest BCUT2D eigenvalue weighted by Gasteiger charge is 2.30. The minimum Gasteiger partial charge on any atom is -0.294 e. The van der Waals surface area contributed by atoms with Gasteiger partial charge in [-0.1, -0.05) is 20.8 Å². The number of hydrogen-bond donors (Lipinski definition) is 0. The zero-order chi connectivity index (χ0) is 13.2. The zero-order valence-corrected chi connectivity index (χ0v) is 13.2. The molecule has 0 N–H and O–H groups in total. The summed E-state index contributed by atoms with van der Waals surface area (Å²) in [6.07, 6.45) is 3.71. The van der Waals surface area contributed by atoms with Crippen molar-refractivity contribution in [1.82, 2.24) is 9.88 Å². The lowest BCUT2D eigenvalue weighted by Gasteiger charge is -2.40. The van der Waals surface area contributed by atoms with Gasteiger partial charge < -0.3 is 0 Å². The quantitative estimate of drug-likeness (QED) is 0.760. The molecule has 2 nitrogen and oxygen atoms in total. The number of hydrogen-bond acceptors (Lipinski definition) is 3. The average molecular weight is 287 g/mol. The van der Waals surface area contributed by atoms with Gasteiger partial charge in [0.15, 0.2) is 0 Å². The average Bonchev–Trinajstić information content (AvgIpc) is 2.81. The summed E-state index contributed by atoms with van der Waals surface area (Å²) in [6, 6.07) is 0.489. The number of thiazole rings is 1. The van der Waals surface area contributed by atoms with Crippen LogP contribution < -0.4 is 0 Å². The van der Waals surface area contributed by atoms with Crippen LogP contribution in [0, 0.1) is 5.41 Å². The van der Waals surface area contributed by atoms with Crippen LogP contribution in [0.15, 0.2) is 5.38 Å². The minimum absolute atomic E-state index is 0.489. The Labute approximate surface area is 119 Å². The Morgan fingerprint density at radius 2 is 2.11 bits per heavy atom. The van der Waals surface area contributed by atoms with Crippen molar-refractivity contribution in [3.8, 4) is 0 Å². The van der Waals surface area contributed by atoms with Crippen LogP contribution in [0.1, 0.15) is 56.8 Å². The lowest BCUT2D eigenvalue weighted by atomic mass is 9.82. The normalized spacial score (nSPS) is 22.0. The van der Waals surface area contributed by atoms with Gasteiger partial charge in [-0.15, -0.1) is 22.9 Å². The second-order valence-corrected chi connectivity index (χ2v) is 7.09. The highest BCUT2D eigenvalue weighted by Crippen LogP contribution is 2.35. The second-order valence-electron chi connectivity index (χ2n) is 5.93. The maximum Gasteiger partial charge on any atom is 0.110 e. The molecule has 1 aliphatic rings. The van der Waals surface area contributed by atoms with Crippen LogP contribution >= 0.6 is 22.9 Å². The fraction of sp³-hybridized carbons (Fsp3) is 0.786. The molecule has 0 radical (unpaired) electrons. The predicted octanol–water partition coefficient (Wildman–Crippen LogP) is 4.46. The van der Waals surface area contributed by atoms with Crippen LogP contribution in [0.3, 0.4) is 0 Å². The molecule has 1 aromatic heterocycles. The first kappa shape index (κ1) is 14.3. The number of halogens is 1. The van der Waals surface area contributed by atoms with E-state index in [4.69, 9.17) is 11.6 Å². The summed E-state index contributed by atoms with van der Waals surface area (Å²) >= 11 is 7.60. The molecule has 2 heterocycles. The topological polar surface area (TPSA) is 16.1 Å². The second kappa shape index (κ2) is 5.89. The van der Waals surface area contributed by atoms with Gasteiger partial charge in [0.1, 0.15) is 5.01 Å². The number of piperidine rings is 1. The van der Waals surface area contributed by atoms with Crippen LogP contribution in [0.4, 0.5) is 0 Å². The van der Waals surface area contributed by atoms with E-state index in [0.717, 1.165) is 12.1 Å². The molecule has 1 aromatic rings. The fourth-order valence-electron chi connectivity index (χ4n) is 2.57. The standard InChI is InChI=1S/C14H23ClN2S/c1-4-12(13-16-11(9-15)10-18-13)17-7-5-14(2,3)6-8-17/h10,12H,4-9H2,1-3H3. The van der Waals surface area contributed by atoms with E-state index in [-0.39, 0.29) is 0 Å². The van der Waals surface area contributed by atoms with Gasteiger partial charge in [0, 0.05) is 5.38 Å². The van der Waals surface area contributed by atoms with Crippen molar-refractivity contribution >= 4 is 22.9 Å². The molecule has 0 bridgehead atoms. The SMILES string of the molecule is CCC(c1nc(CCl)cs1)N1CCC(C)(C)CC1. The van der Waals surface area contributed by atoms with Crippen molar-refractivity contribution in [2.45, 2.75) is 52.0 Å². The molecular weight excluding hydrogens is 264 g/mol. The summed E-state index contributed by atoms with van der Waals surface area (Å²) in [6.45, 7) is 9.40. The summed E-state index contributed by atoms with van der Waals surface area (Å²) in [5, 5.41) is 3.34. The molecule has 0 aromatic carbocycles. The summed E-state index contributed by atoms with van der Waals surface area (Å²) in [5.41, 5.74) is 1.53. The van der Waals surface area contributed by atoms with Crippen LogP contribution in [-0.2, 0) is 5.88 Å². The fourth-order valence-corrected chi connectivity index (χ4v) is 3.83. The van der Waals surface area contributed by atoms with E-state index in [9.17, 15) is 0 Å². The molecule has 1 atom stereocenters. The lowest BCUT2D eigenvalue weighted by Crippen LogP contribution is -2.39. The first-order valence-corrected chi connectivity index (χ1v) is 8.21. The summed E-state index contributed by atoms with van der Waals surface area (Å²) < 4.78 is 0. The monoisotopic (exact) mass is 286 g/mol. The molecule has 0 saturated carbocycles. The Kier molecular flexibility index (Phi) is 4.68. The van der Waals surface area contributed by atoms with Crippen LogP contribution in [0.5, 0.6) is 0 Å². The van der Waals surface area contributed by atoms with Gasteiger partial charge >= 0.3 is 0 Å². The maximum atomic E-state index is 5.84. The summed E-state index contributed by atoms with van der Waals surface area (Å²) in [5.74, 6) is 0.528. The van der Waals surface area contributed by atoms with Crippen LogP contribution in [-0.4, -0.2) is 23.0 Å². The van der Waals surface area contributed by atoms with Gasteiger partial charge in [-0.3, -0.25) is 4.90 Å². The van der Waals surface area contributed by atoms with Crippen molar-refractivity contribution < 1.29 is 0 Å². The van der Waals surface area contributed by atoms with E-state index in [1.165, 1.54) is 30.9 Å². The lowest BCUT2D eigenvalue weighted by molar-refractivity contribution is 0.0913. The van der Waals surface area contributed by atoms with E-state index >= 15 is 0 Å². The largest absolute Gasteiger partial charge is 0.294 e. The van der Waals surface area contributed by atoms with E-state index in [1.807, 2.05) is 0 Å². The van der Waals surface area contributed by atoms with E-state index < -0.39 is 0 Å². The highest BCUT2D eigenvalue weighted by atomic mass is 35.5. The number of likely N-dealkylation sites (tertiary alicyclic amines) is 1. The molecule has 18 heavy (non-hydrogen) atoms. The van der Waals surface area contributed by atoms with Gasteiger partial charge in [0.25, 0.3) is 0 Å². The first-order valence-electron chi connectivity index (χ1n) is 6.80. The molecular formula is C14H23ClN2S. The number of aromatic nitrogens is 1. The zero-order valence-electron chi connectivity index (χ0n) is 11.6. The third-order valence-electron chi connectivity index (χ3n) is 3.97. The van der Waals surface area contributed by atoms with E-state index in [1.54, 1.807) is 11.3 Å². The van der Waals surface area contributed by atoms with Crippen molar-refractivity contribution in [3.05, 3.63) is 16.1 Å². The van der Waals surface area contributed by atoms with Gasteiger partial charge in [-0.2, -0.15) is 0 Å². The molecule has 2 rings (SSSR count). The highest BCUT2D eigenvalue weighted by molar-refractivity contribution is 7.09. The Hall–Kier alpha value is -0.120. The first-order chi connectivity index (χ1) is 8.55. The molecule has 102 valence electrons. The summed E-state index contributed by atoms with van der Waals surface area (Å²) in [7, 11) is 0. The Morgan fingerprint density at radius 3 is 2.61 bits per heavy atom. The molecule has 1 unspecified atom stereocenters. The smallest absolute Gasteiger partial charge is 0.110 e. The van der Waals surface area contributed by atoms with Crippen LogP contribution in [0.25, 0.3) is 0 Å². The van der Waals surface area contributed by atoms with Crippen LogP contribution in [0.2, 0.25) is 0 Å². The molecule has 1 aliphatic heterocycles. The maximum absolute atomic E-state index is 5.84. The Bertz CT molecular complexity index is 379. The third kappa shape index (κ3) is 3.25. The third-order valence-corrected chi connectivity index (χ3v) is 5.24. The van der Waals surface area contributed by atoms with Crippen molar-refractivity contribution in [2.24, 2.45) is 5.41 Å². The number of rotatable bonds is 4. The number of nitrogens with zero attached hydrogens (tertiary/aromatic N) is 2.